The number of aromatic nitrogens is 2. The second kappa shape index (κ2) is 10.8. The maximum atomic E-state index is 13.6. The highest BCUT2D eigenvalue weighted by Crippen LogP contribution is 2.30. The molecule has 5 rings (SSSR count). The number of anilines is 2. The Kier molecular flexibility index (Phi) is 7.55. The van der Waals surface area contributed by atoms with Crippen molar-refractivity contribution < 1.29 is 19.1 Å². The molecule has 35 heavy (non-hydrogen) atoms. The predicted molar refractivity (Wildman–Crippen MR) is 138 cm³/mol. The third-order valence-electron chi connectivity index (χ3n) is 6.27. The average Bonchev–Trinajstić information content (AvgIpc) is 3.30. The summed E-state index contributed by atoms with van der Waals surface area (Å²) in [4.78, 5) is 40.9. The Morgan fingerprint density at radius 2 is 1.49 bits per heavy atom. The zero-order valence-corrected chi connectivity index (χ0v) is 20.7. The van der Waals surface area contributed by atoms with Crippen molar-refractivity contribution in [2.75, 3.05) is 36.3 Å². The molecular weight excluding hydrogens is 464 g/mol. The number of aldehydes is 1. The Morgan fingerprint density at radius 1 is 0.857 bits per heavy atom. The van der Waals surface area contributed by atoms with Gasteiger partial charge in [-0.15, -0.1) is 0 Å². The van der Waals surface area contributed by atoms with Crippen LogP contribution in [0.1, 0.15) is 45.8 Å². The molecule has 0 bridgehead atoms. The first kappa shape index (κ1) is 24.5. The summed E-state index contributed by atoms with van der Waals surface area (Å²) in [7, 11) is 1.59. The maximum Gasteiger partial charge on any atom is 0.277 e. The number of amides is 2. The molecule has 0 spiro atoms. The van der Waals surface area contributed by atoms with Gasteiger partial charge < -0.3 is 14.5 Å². The lowest BCUT2D eigenvalue weighted by Crippen LogP contribution is -2.39. The monoisotopic (exact) mass is 492 g/mol. The van der Waals surface area contributed by atoms with Crippen LogP contribution in [0.4, 0.5) is 11.4 Å². The molecule has 0 unspecified atom stereocenters. The third kappa shape index (κ3) is 4.68. The Bertz CT molecular complexity index is 1220. The van der Waals surface area contributed by atoms with Gasteiger partial charge in [0.2, 0.25) is 5.91 Å². The number of benzene rings is 2. The minimum atomic E-state index is -0.213. The van der Waals surface area contributed by atoms with E-state index < -0.39 is 0 Å². The quantitative estimate of drug-likeness (QED) is 0.431. The van der Waals surface area contributed by atoms with Crippen LogP contribution in [-0.4, -0.2) is 54.3 Å². The van der Waals surface area contributed by atoms with Crippen molar-refractivity contribution in [1.29, 1.82) is 0 Å². The van der Waals surface area contributed by atoms with E-state index in [0.29, 0.717) is 48.4 Å². The van der Waals surface area contributed by atoms with Gasteiger partial charge in [0.05, 0.1) is 12.8 Å². The molecule has 2 amide bonds. The maximum absolute atomic E-state index is 13.6. The van der Waals surface area contributed by atoms with Crippen LogP contribution in [-0.2, 0) is 11.2 Å². The van der Waals surface area contributed by atoms with Crippen LogP contribution in [0.2, 0.25) is 0 Å². The molecule has 2 aliphatic heterocycles. The van der Waals surface area contributed by atoms with E-state index in [2.05, 4.69) is 17.7 Å². The normalized spacial score (nSPS) is 15.3. The standard InChI is InChI=1S/C25H24N4O4.CH4S/c1-33-20-11-9-19(10-12-20)29-24-21(22(16-30)26-29)13-15-28(25(24)32)18-7-5-17(6-8-18)27-14-3-2-4-23(27)31;1-2/h5-12,16H,2-4,13-15H2,1H3;2H,1H3. The summed E-state index contributed by atoms with van der Waals surface area (Å²) in [5.74, 6) is 0.613. The molecule has 1 aromatic heterocycles. The highest BCUT2D eigenvalue weighted by Gasteiger charge is 2.33. The van der Waals surface area contributed by atoms with E-state index in [0.717, 1.165) is 30.8 Å². The number of methoxy groups -OCH3 is 1. The van der Waals surface area contributed by atoms with Crippen LogP contribution < -0.4 is 14.5 Å². The van der Waals surface area contributed by atoms with Crippen LogP contribution >= 0.6 is 12.6 Å². The van der Waals surface area contributed by atoms with Crippen molar-refractivity contribution in [3.8, 4) is 11.4 Å². The van der Waals surface area contributed by atoms with Gasteiger partial charge in [0, 0.05) is 36.4 Å². The van der Waals surface area contributed by atoms with Gasteiger partial charge >= 0.3 is 0 Å². The zero-order chi connectivity index (χ0) is 24.9. The van der Waals surface area contributed by atoms with Gasteiger partial charge in [-0.05, 0) is 74.0 Å². The van der Waals surface area contributed by atoms with Crippen LogP contribution in [0.15, 0.2) is 48.5 Å². The van der Waals surface area contributed by atoms with Gasteiger partial charge in [0.1, 0.15) is 17.1 Å². The van der Waals surface area contributed by atoms with Gasteiger partial charge in [-0.2, -0.15) is 17.7 Å². The molecule has 2 aromatic carbocycles. The van der Waals surface area contributed by atoms with Crippen molar-refractivity contribution in [2.45, 2.75) is 25.7 Å². The molecule has 2 aliphatic rings. The predicted octanol–water partition coefficient (Wildman–Crippen LogP) is 3.96. The van der Waals surface area contributed by atoms with Crippen LogP contribution in [0.3, 0.4) is 0 Å². The number of piperidine rings is 1. The Labute approximate surface area is 209 Å². The zero-order valence-electron chi connectivity index (χ0n) is 19.8. The molecule has 0 N–H and O–H groups in total. The number of fused-ring (bicyclic) bond motifs is 1. The van der Waals surface area contributed by atoms with Crippen molar-refractivity contribution in [3.63, 3.8) is 0 Å². The van der Waals surface area contributed by atoms with E-state index in [1.165, 1.54) is 4.68 Å². The Hall–Kier alpha value is -3.59. The molecule has 0 radical (unpaired) electrons. The molecule has 0 atom stereocenters. The molecule has 9 heteroatoms. The SMILES string of the molecule is COc1ccc(-n2nc(C=O)c3c2C(=O)N(c2ccc(N4CCCCC4=O)cc2)CC3)cc1.CS. The number of ether oxygens (including phenoxy) is 1. The second-order valence-electron chi connectivity index (χ2n) is 8.17. The largest absolute Gasteiger partial charge is 0.497 e. The molecule has 3 heterocycles. The van der Waals surface area contributed by atoms with Crippen LogP contribution in [0, 0.1) is 0 Å². The molecule has 8 nitrogen and oxygen atoms in total. The number of rotatable bonds is 5. The van der Waals surface area contributed by atoms with Crippen molar-refractivity contribution in [3.05, 3.63) is 65.5 Å². The van der Waals surface area contributed by atoms with Gasteiger partial charge in [-0.3, -0.25) is 14.4 Å². The van der Waals surface area contributed by atoms with E-state index in [9.17, 15) is 14.4 Å². The van der Waals surface area contributed by atoms with Crippen molar-refractivity contribution in [2.24, 2.45) is 0 Å². The van der Waals surface area contributed by atoms with E-state index in [1.54, 1.807) is 47.4 Å². The number of carbonyl (C=O) groups is 3. The van der Waals surface area contributed by atoms with Crippen molar-refractivity contribution >= 4 is 42.1 Å². The van der Waals surface area contributed by atoms with E-state index >= 15 is 0 Å². The topological polar surface area (TPSA) is 84.7 Å². The lowest BCUT2D eigenvalue weighted by molar-refractivity contribution is -0.119. The number of nitrogens with zero attached hydrogens (tertiary/aromatic N) is 4. The van der Waals surface area contributed by atoms with E-state index in [4.69, 9.17) is 4.74 Å². The van der Waals surface area contributed by atoms with Gasteiger partial charge in [0.15, 0.2) is 6.29 Å². The lowest BCUT2D eigenvalue weighted by atomic mass is 10.0. The lowest BCUT2D eigenvalue weighted by Gasteiger charge is -2.29. The number of thiol groups is 1. The first-order chi connectivity index (χ1) is 17.1. The summed E-state index contributed by atoms with van der Waals surface area (Å²) in [6.45, 7) is 1.17. The molecule has 0 saturated carbocycles. The molecular formula is C26H28N4O4S. The number of hydrogen-bond donors (Lipinski definition) is 1. The smallest absolute Gasteiger partial charge is 0.277 e. The van der Waals surface area contributed by atoms with Gasteiger partial charge in [0.25, 0.3) is 5.91 Å². The Morgan fingerprint density at radius 3 is 2.09 bits per heavy atom. The van der Waals surface area contributed by atoms with Crippen molar-refractivity contribution in [1.82, 2.24) is 9.78 Å². The van der Waals surface area contributed by atoms with E-state index in [1.807, 2.05) is 24.3 Å². The second-order valence-corrected chi connectivity index (χ2v) is 8.17. The minimum Gasteiger partial charge on any atom is -0.497 e. The highest BCUT2D eigenvalue weighted by atomic mass is 32.1. The van der Waals surface area contributed by atoms with Crippen LogP contribution in [0.5, 0.6) is 5.75 Å². The number of hydrogen-bond acceptors (Lipinski definition) is 6. The minimum absolute atomic E-state index is 0.137. The van der Waals surface area contributed by atoms with Crippen LogP contribution in [0.25, 0.3) is 5.69 Å². The van der Waals surface area contributed by atoms with Gasteiger partial charge in [-0.1, -0.05) is 0 Å². The summed E-state index contributed by atoms with van der Waals surface area (Å²) in [5, 5.41) is 4.41. The summed E-state index contributed by atoms with van der Waals surface area (Å²) in [6.07, 6.45) is 5.42. The summed E-state index contributed by atoms with van der Waals surface area (Å²) in [6, 6.07) is 14.7. The molecule has 1 saturated heterocycles. The summed E-state index contributed by atoms with van der Waals surface area (Å²) >= 11 is 3.53. The highest BCUT2D eigenvalue weighted by molar-refractivity contribution is 7.79. The van der Waals surface area contributed by atoms with E-state index in [-0.39, 0.29) is 17.5 Å². The molecule has 1 fully saturated rings. The first-order valence-corrected chi connectivity index (χ1v) is 12.4. The third-order valence-corrected chi connectivity index (χ3v) is 6.27. The fourth-order valence-electron chi connectivity index (χ4n) is 4.53. The van der Waals surface area contributed by atoms with Gasteiger partial charge in [-0.25, -0.2) is 4.68 Å². The summed E-state index contributed by atoms with van der Waals surface area (Å²) < 4.78 is 6.75. The number of carbonyl (C=O) groups excluding carboxylic acids is 3. The average molecular weight is 493 g/mol. The molecule has 182 valence electrons. The summed E-state index contributed by atoms with van der Waals surface area (Å²) in [5.41, 5.74) is 3.61. The molecule has 0 aliphatic carbocycles. The Balaban J connectivity index is 0.00000141. The molecule has 3 aromatic rings. The fraction of sp³-hybridized carbons (Fsp3) is 0.308. The first-order valence-electron chi connectivity index (χ1n) is 11.5. The fourth-order valence-corrected chi connectivity index (χ4v) is 4.53.